The average molecular weight is 287 g/mol. The summed E-state index contributed by atoms with van der Waals surface area (Å²) in [5.41, 5.74) is 2.43. The summed E-state index contributed by atoms with van der Waals surface area (Å²) in [4.78, 5) is 14.7. The summed E-state index contributed by atoms with van der Waals surface area (Å²) in [5, 5.41) is 6.55. The van der Waals surface area contributed by atoms with Crippen molar-refractivity contribution in [2.45, 2.75) is 44.8 Å². The Balaban J connectivity index is 1.53. The van der Waals surface area contributed by atoms with E-state index in [1.54, 1.807) is 0 Å². The lowest BCUT2D eigenvalue weighted by Gasteiger charge is -2.26. The zero-order chi connectivity index (χ0) is 14.7. The van der Waals surface area contributed by atoms with Crippen LogP contribution >= 0.6 is 0 Å². The number of aryl methyl sites for hydroxylation is 1. The smallest absolute Gasteiger partial charge is 0.234 e. The van der Waals surface area contributed by atoms with Gasteiger partial charge in [-0.25, -0.2) is 0 Å². The van der Waals surface area contributed by atoms with E-state index in [1.165, 1.54) is 30.4 Å². The van der Waals surface area contributed by atoms with E-state index in [1.807, 2.05) is 12.1 Å². The van der Waals surface area contributed by atoms with Crippen LogP contribution in [-0.2, 0) is 11.3 Å². The van der Waals surface area contributed by atoms with Crippen molar-refractivity contribution in [3.63, 3.8) is 0 Å². The first-order valence-electron chi connectivity index (χ1n) is 8.01. The molecular formula is C17H25N3O. The van der Waals surface area contributed by atoms with Crippen molar-refractivity contribution in [2.24, 2.45) is 0 Å². The van der Waals surface area contributed by atoms with E-state index in [0.29, 0.717) is 25.2 Å². The van der Waals surface area contributed by atoms with E-state index < -0.39 is 0 Å². The molecule has 2 heterocycles. The summed E-state index contributed by atoms with van der Waals surface area (Å²) in [6.45, 7) is 5.38. The molecule has 1 amide bonds. The van der Waals surface area contributed by atoms with Gasteiger partial charge in [-0.05, 0) is 43.9 Å². The Morgan fingerprint density at radius 2 is 2.10 bits per heavy atom. The maximum absolute atomic E-state index is 12.3. The maximum atomic E-state index is 12.3. The third kappa shape index (κ3) is 3.44. The number of hydrogen-bond donors (Lipinski definition) is 2. The van der Waals surface area contributed by atoms with Gasteiger partial charge in [0.2, 0.25) is 5.91 Å². The first-order chi connectivity index (χ1) is 10.2. The van der Waals surface area contributed by atoms with Crippen molar-refractivity contribution in [1.29, 1.82) is 0 Å². The molecule has 2 bridgehead atoms. The van der Waals surface area contributed by atoms with E-state index in [0.717, 1.165) is 13.1 Å². The number of benzene rings is 1. The second kappa shape index (κ2) is 6.58. The molecule has 2 aliphatic rings. The number of hydrogen-bond acceptors (Lipinski definition) is 3. The van der Waals surface area contributed by atoms with Gasteiger partial charge < -0.3 is 10.6 Å². The highest BCUT2D eigenvalue weighted by molar-refractivity contribution is 5.78. The lowest BCUT2D eigenvalue weighted by molar-refractivity contribution is -0.123. The molecular weight excluding hydrogens is 262 g/mol. The highest BCUT2D eigenvalue weighted by Gasteiger charge is 2.35. The Labute approximate surface area is 126 Å². The number of carbonyl (C=O) groups excluding carboxylic acids is 1. The van der Waals surface area contributed by atoms with E-state index in [4.69, 9.17) is 0 Å². The Morgan fingerprint density at radius 1 is 1.29 bits per heavy atom. The molecule has 2 saturated heterocycles. The highest BCUT2D eigenvalue weighted by atomic mass is 16.2. The molecule has 0 saturated carbocycles. The minimum Gasteiger partial charge on any atom is -0.351 e. The van der Waals surface area contributed by atoms with Crippen molar-refractivity contribution in [3.8, 4) is 0 Å². The second-order valence-electron chi connectivity index (χ2n) is 6.25. The van der Waals surface area contributed by atoms with Gasteiger partial charge in [-0.1, -0.05) is 24.3 Å². The average Bonchev–Trinajstić information content (AvgIpc) is 2.71. The van der Waals surface area contributed by atoms with Crippen molar-refractivity contribution in [3.05, 3.63) is 35.4 Å². The highest BCUT2D eigenvalue weighted by Crippen LogP contribution is 2.27. The predicted octanol–water partition coefficient (Wildman–Crippen LogP) is 1.44. The number of nitrogens with zero attached hydrogens (tertiary/aromatic N) is 1. The molecule has 2 atom stereocenters. The molecule has 0 spiro atoms. The molecule has 2 aliphatic heterocycles. The standard InChI is InChI=1S/C17H25N3O/c1-13-4-2-3-5-14(13)10-19-17(21)12-20-15-6-7-16(20)11-18-9-8-15/h2-5,15-16,18H,6-12H2,1H3,(H,19,21). The summed E-state index contributed by atoms with van der Waals surface area (Å²) in [5.74, 6) is 0.150. The Morgan fingerprint density at radius 3 is 2.95 bits per heavy atom. The van der Waals surface area contributed by atoms with Crippen LogP contribution in [0, 0.1) is 6.92 Å². The quantitative estimate of drug-likeness (QED) is 0.881. The molecule has 2 unspecified atom stereocenters. The van der Waals surface area contributed by atoms with Crippen molar-refractivity contribution in [2.75, 3.05) is 19.6 Å². The lowest BCUT2D eigenvalue weighted by atomic mass is 10.1. The number of nitrogens with one attached hydrogen (secondary N) is 2. The SMILES string of the molecule is Cc1ccccc1CNC(=O)CN1C2CCNCC1CC2. The van der Waals surface area contributed by atoms with Crippen LogP contribution in [0.1, 0.15) is 30.4 Å². The van der Waals surface area contributed by atoms with Crippen molar-refractivity contribution < 1.29 is 4.79 Å². The van der Waals surface area contributed by atoms with Crippen molar-refractivity contribution in [1.82, 2.24) is 15.5 Å². The van der Waals surface area contributed by atoms with Gasteiger partial charge in [0.05, 0.1) is 6.54 Å². The van der Waals surface area contributed by atoms with E-state index in [-0.39, 0.29) is 5.91 Å². The van der Waals surface area contributed by atoms with E-state index in [2.05, 4.69) is 34.6 Å². The zero-order valence-electron chi connectivity index (χ0n) is 12.8. The first kappa shape index (κ1) is 14.5. The normalized spacial score (nSPS) is 25.6. The van der Waals surface area contributed by atoms with Crippen LogP contribution in [0.15, 0.2) is 24.3 Å². The van der Waals surface area contributed by atoms with E-state index in [9.17, 15) is 4.79 Å². The zero-order valence-corrected chi connectivity index (χ0v) is 12.8. The molecule has 3 rings (SSSR count). The molecule has 4 nitrogen and oxygen atoms in total. The first-order valence-corrected chi connectivity index (χ1v) is 8.01. The van der Waals surface area contributed by atoms with Crippen molar-refractivity contribution >= 4 is 5.91 Å². The molecule has 21 heavy (non-hydrogen) atoms. The van der Waals surface area contributed by atoms with Crippen LogP contribution < -0.4 is 10.6 Å². The molecule has 0 aliphatic carbocycles. The largest absolute Gasteiger partial charge is 0.351 e. The van der Waals surface area contributed by atoms with Gasteiger partial charge in [-0.15, -0.1) is 0 Å². The minimum atomic E-state index is 0.150. The molecule has 2 N–H and O–H groups in total. The molecule has 1 aromatic carbocycles. The van der Waals surface area contributed by atoms with Crippen LogP contribution in [0.3, 0.4) is 0 Å². The number of carbonyl (C=O) groups is 1. The van der Waals surface area contributed by atoms with Gasteiger partial charge in [-0.3, -0.25) is 9.69 Å². The monoisotopic (exact) mass is 287 g/mol. The number of rotatable bonds is 4. The molecule has 114 valence electrons. The molecule has 2 fully saturated rings. The van der Waals surface area contributed by atoms with E-state index >= 15 is 0 Å². The lowest BCUT2D eigenvalue weighted by Crippen LogP contribution is -2.44. The van der Waals surface area contributed by atoms with Gasteiger partial charge in [0.15, 0.2) is 0 Å². The summed E-state index contributed by atoms with van der Waals surface area (Å²) in [6, 6.07) is 9.35. The minimum absolute atomic E-state index is 0.150. The fourth-order valence-electron chi connectivity index (χ4n) is 3.56. The molecule has 0 aromatic heterocycles. The fourth-order valence-corrected chi connectivity index (χ4v) is 3.56. The summed E-state index contributed by atoms with van der Waals surface area (Å²) in [7, 11) is 0. The topological polar surface area (TPSA) is 44.4 Å². The van der Waals surface area contributed by atoms with Gasteiger partial charge >= 0.3 is 0 Å². The van der Waals surface area contributed by atoms with Gasteiger partial charge in [-0.2, -0.15) is 0 Å². The third-order valence-electron chi connectivity index (χ3n) is 4.87. The van der Waals surface area contributed by atoms with Gasteiger partial charge in [0.25, 0.3) is 0 Å². The number of amides is 1. The second-order valence-corrected chi connectivity index (χ2v) is 6.25. The summed E-state index contributed by atoms with van der Waals surface area (Å²) >= 11 is 0. The van der Waals surface area contributed by atoms with Crippen LogP contribution in [0.4, 0.5) is 0 Å². The Hall–Kier alpha value is -1.39. The van der Waals surface area contributed by atoms with Crippen LogP contribution in [0.5, 0.6) is 0 Å². The summed E-state index contributed by atoms with van der Waals surface area (Å²) < 4.78 is 0. The maximum Gasteiger partial charge on any atom is 0.234 e. The Bertz CT molecular complexity index is 489. The predicted molar refractivity (Wildman–Crippen MR) is 84.0 cm³/mol. The Kier molecular flexibility index (Phi) is 4.56. The molecule has 1 aromatic rings. The van der Waals surface area contributed by atoms with Crippen LogP contribution in [0.25, 0.3) is 0 Å². The van der Waals surface area contributed by atoms with Crippen LogP contribution in [-0.4, -0.2) is 42.5 Å². The molecule has 0 radical (unpaired) electrons. The number of fused-ring (bicyclic) bond motifs is 2. The third-order valence-corrected chi connectivity index (χ3v) is 4.87. The van der Waals surface area contributed by atoms with Gasteiger partial charge in [0, 0.05) is 25.2 Å². The molecule has 4 heteroatoms. The summed E-state index contributed by atoms with van der Waals surface area (Å²) in [6.07, 6.45) is 3.64. The fraction of sp³-hybridized carbons (Fsp3) is 0.588. The van der Waals surface area contributed by atoms with Crippen LogP contribution in [0.2, 0.25) is 0 Å². The van der Waals surface area contributed by atoms with Gasteiger partial charge in [0.1, 0.15) is 0 Å².